The van der Waals surface area contributed by atoms with Gasteiger partial charge in [0.25, 0.3) is 0 Å². The minimum atomic E-state index is 0.158. The van der Waals surface area contributed by atoms with E-state index in [0.717, 1.165) is 18.5 Å². The molecule has 0 amide bonds. The molecule has 0 radical (unpaired) electrons. The second-order valence-electron chi connectivity index (χ2n) is 3.32. The SMILES string of the molecule is CCCCC(=O)c1cc(C)n(C)n1. The van der Waals surface area contributed by atoms with Crippen LogP contribution in [0.4, 0.5) is 0 Å². The minimum Gasteiger partial charge on any atom is -0.292 e. The zero-order chi connectivity index (χ0) is 9.84. The van der Waals surface area contributed by atoms with Crippen LogP contribution in [-0.2, 0) is 7.05 Å². The minimum absolute atomic E-state index is 0.158. The van der Waals surface area contributed by atoms with E-state index in [2.05, 4.69) is 12.0 Å². The maximum absolute atomic E-state index is 11.5. The van der Waals surface area contributed by atoms with Crippen LogP contribution in [0, 0.1) is 6.92 Å². The van der Waals surface area contributed by atoms with Gasteiger partial charge in [0, 0.05) is 19.2 Å². The third kappa shape index (κ3) is 2.41. The van der Waals surface area contributed by atoms with Gasteiger partial charge in [-0.05, 0) is 19.4 Å². The van der Waals surface area contributed by atoms with Crippen molar-refractivity contribution in [1.82, 2.24) is 9.78 Å². The van der Waals surface area contributed by atoms with Crippen molar-refractivity contribution in [2.45, 2.75) is 33.1 Å². The van der Waals surface area contributed by atoms with Crippen LogP contribution in [0.3, 0.4) is 0 Å². The Morgan fingerprint density at radius 1 is 1.62 bits per heavy atom. The molecular formula is C10H16N2O. The molecule has 1 heterocycles. The van der Waals surface area contributed by atoms with E-state index in [1.807, 2.05) is 20.0 Å². The Morgan fingerprint density at radius 2 is 2.31 bits per heavy atom. The van der Waals surface area contributed by atoms with Crippen LogP contribution in [0.2, 0.25) is 0 Å². The van der Waals surface area contributed by atoms with Crippen molar-refractivity contribution in [3.8, 4) is 0 Å². The van der Waals surface area contributed by atoms with Gasteiger partial charge in [-0.2, -0.15) is 5.10 Å². The van der Waals surface area contributed by atoms with E-state index in [0.29, 0.717) is 12.1 Å². The van der Waals surface area contributed by atoms with Crippen LogP contribution in [0.5, 0.6) is 0 Å². The summed E-state index contributed by atoms with van der Waals surface area (Å²) in [7, 11) is 1.85. The molecule has 3 nitrogen and oxygen atoms in total. The Hall–Kier alpha value is -1.12. The third-order valence-electron chi connectivity index (χ3n) is 2.16. The third-order valence-corrected chi connectivity index (χ3v) is 2.16. The quantitative estimate of drug-likeness (QED) is 0.665. The van der Waals surface area contributed by atoms with E-state index in [1.54, 1.807) is 4.68 Å². The Balaban J connectivity index is 2.66. The molecule has 0 aliphatic heterocycles. The van der Waals surface area contributed by atoms with Gasteiger partial charge in [0.15, 0.2) is 5.78 Å². The highest BCUT2D eigenvalue weighted by Gasteiger charge is 2.09. The summed E-state index contributed by atoms with van der Waals surface area (Å²) in [6, 6.07) is 1.85. The number of unbranched alkanes of at least 4 members (excludes halogenated alkanes) is 1. The number of Topliss-reactive ketones (excluding diaryl/α,β-unsaturated/α-hetero) is 1. The Kier molecular flexibility index (Phi) is 3.23. The average Bonchev–Trinajstić information content (AvgIpc) is 2.43. The highest BCUT2D eigenvalue weighted by atomic mass is 16.1. The van der Waals surface area contributed by atoms with Crippen LogP contribution in [0.1, 0.15) is 42.4 Å². The second kappa shape index (κ2) is 4.21. The summed E-state index contributed by atoms with van der Waals surface area (Å²) in [5, 5.41) is 4.13. The van der Waals surface area contributed by atoms with Gasteiger partial charge in [-0.1, -0.05) is 13.3 Å². The summed E-state index contributed by atoms with van der Waals surface area (Å²) in [6.45, 7) is 4.03. The first-order valence-corrected chi connectivity index (χ1v) is 4.69. The molecular weight excluding hydrogens is 164 g/mol. The Morgan fingerprint density at radius 3 is 2.77 bits per heavy atom. The lowest BCUT2D eigenvalue weighted by Crippen LogP contribution is -2.01. The predicted molar refractivity (Wildman–Crippen MR) is 51.8 cm³/mol. The fourth-order valence-corrected chi connectivity index (χ4v) is 1.16. The number of aryl methyl sites for hydroxylation is 2. The van der Waals surface area contributed by atoms with Gasteiger partial charge < -0.3 is 0 Å². The van der Waals surface area contributed by atoms with Crippen molar-refractivity contribution < 1.29 is 4.79 Å². The van der Waals surface area contributed by atoms with E-state index in [9.17, 15) is 4.79 Å². The van der Waals surface area contributed by atoms with Crippen molar-refractivity contribution in [2.24, 2.45) is 7.05 Å². The smallest absolute Gasteiger partial charge is 0.183 e. The molecule has 0 spiro atoms. The van der Waals surface area contributed by atoms with Gasteiger partial charge in [-0.25, -0.2) is 0 Å². The predicted octanol–water partition coefficient (Wildman–Crippen LogP) is 2.10. The molecule has 3 heteroatoms. The van der Waals surface area contributed by atoms with Crippen molar-refractivity contribution >= 4 is 5.78 Å². The molecule has 13 heavy (non-hydrogen) atoms. The summed E-state index contributed by atoms with van der Waals surface area (Å²) in [5.41, 5.74) is 1.63. The Labute approximate surface area is 78.8 Å². The first kappa shape index (κ1) is 9.96. The normalized spacial score (nSPS) is 10.4. The standard InChI is InChI=1S/C10H16N2O/c1-4-5-6-10(13)9-7-8(2)12(3)11-9/h7H,4-6H2,1-3H3. The van der Waals surface area contributed by atoms with E-state index in [-0.39, 0.29) is 5.78 Å². The summed E-state index contributed by atoms with van der Waals surface area (Å²) < 4.78 is 1.74. The number of hydrogen-bond donors (Lipinski definition) is 0. The van der Waals surface area contributed by atoms with Crippen molar-refractivity contribution in [2.75, 3.05) is 0 Å². The fourth-order valence-electron chi connectivity index (χ4n) is 1.16. The molecule has 0 fully saturated rings. The average molecular weight is 180 g/mol. The molecule has 0 aromatic carbocycles. The highest BCUT2D eigenvalue weighted by Crippen LogP contribution is 2.06. The monoisotopic (exact) mass is 180 g/mol. The van der Waals surface area contributed by atoms with Crippen LogP contribution in [0.15, 0.2) is 6.07 Å². The number of hydrogen-bond acceptors (Lipinski definition) is 2. The van der Waals surface area contributed by atoms with E-state index < -0.39 is 0 Å². The number of rotatable bonds is 4. The van der Waals surface area contributed by atoms with Crippen LogP contribution in [-0.4, -0.2) is 15.6 Å². The maximum atomic E-state index is 11.5. The lowest BCUT2D eigenvalue weighted by atomic mass is 10.1. The maximum Gasteiger partial charge on any atom is 0.183 e. The van der Waals surface area contributed by atoms with E-state index in [4.69, 9.17) is 0 Å². The lowest BCUT2D eigenvalue weighted by molar-refractivity contribution is 0.0974. The number of carbonyl (C=O) groups excluding carboxylic acids is 1. The molecule has 0 bridgehead atoms. The molecule has 0 atom stereocenters. The fraction of sp³-hybridized carbons (Fsp3) is 0.600. The number of nitrogens with zero attached hydrogens (tertiary/aromatic N) is 2. The van der Waals surface area contributed by atoms with Gasteiger partial charge in [-0.15, -0.1) is 0 Å². The molecule has 0 aliphatic rings. The molecule has 0 saturated carbocycles. The molecule has 0 aliphatic carbocycles. The summed E-state index contributed by atoms with van der Waals surface area (Å²) >= 11 is 0. The topological polar surface area (TPSA) is 34.9 Å². The van der Waals surface area contributed by atoms with Crippen molar-refractivity contribution in [3.63, 3.8) is 0 Å². The van der Waals surface area contributed by atoms with Gasteiger partial charge >= 0.3 is 0 Å². The first-order valence-electron chi connectivity index (χ1n) is 4.69. The van der Waals surface area contributed by atoms with Crippen molar-refractivity contribution in [1.29, 1.82) is 0 Å². The molecule has 1 aromatic heterocycles. The van der Waals surface area contributed by atoms with Gasteiger partial charge in [0.05, 0.1) is 0 Å². The molecule has 1 aromatic rings. The van der Waals surface area contributed by atoms with E-state index >= 15 is 0 Å². The van der Waals surface area contributed by atoms with E-state index in [1.165, 1.54) is 0 Å². The van der Waals surface area contributed by atoms with Crippen LogP contribution in [0.25, 0.3) is 0 Å². The molecule has 0 saturated heterocycles. The number of ketones is 1. The first-order chi connectivity index (χ1) is 6.15. The van der Waals surface area contributed by atoms with Crippen LogP contribution < -0.4 is 0 Å². The molecule has 0 N–H and O–H groups in total. The largest absolute Gasteiger partial charge is 0.292 e. The molecule has 0 unspecified atom stereocenters. The number of aromatic nitrogens is 2. The molecule has 1 rings (SSSR count). The zero-order valence-corrected chi connectivity index (χ0v) is 8.50. The zero-order valence-electron chi connectivity index (χ0n) is 8.50. The Bertz CT molecular complexity index is 282. The molecule has 72 valence electrons. The highest BCUT2D eigenvalue weighted by molar-refractivity contribution is 5.94. The second-order valence-corrected chi connectivity index (χ2v) is 3.32. The summed E-state index contributed by atoms with van der Waals surface area (Å²) in [4.78, 5) is 11.5. The van der Waals surface area contributed by atoms with Crippen LogP contribution >= 0.6 is 0 Å². The lowest BCUT2D eigenvalue weighted by Gasteiger charge is -1.93. The van der Waals surface area contributed by atoms with Gasteiger partial charge in [-0.3, -0.25) is 9.48 Å². The number of carbonyl (C=O) groups is 1. The van der Waals surface area contributed by atoms with Gasteiger partial charge in [0.1, 0.15) is 5.69 Å². The summed E-state index contributed by atoms with van der Waals surface area (Å²) in [6.07, 6.45) is 2.62. The van der Waals surface area contributed by atoms with Crippen molar-refractivity contribution in [3.05, 3.63) is 17.5 Å². The van der Waals surface area contributed by atoms with Gasteiger partial charge in [0.2, 0.25) is 0 Å². The summed E-state index contributed by atoms with van der Waals surface area (Å²) in [5.74, 6) is 0.158.